The van der Waals surface area contributed by atoms with Gasteiger partial charge in [0.2, 0.25) is 0 Å². The maximum Gasteiger partial charge on any atom is 0.0465 e. The number of ether oxygens (including phenoxy) is 1. The fourth-order valence-electron chi connectivity index (χ4n) is 2.02. The Labute approximate surface area is 99.8 Å². The first kappa shape index (κ1) is 13.2. The van der Waals surface area contributed by atoms with Gasteiger partial charge in [-0.25, -0.2) is 0 Å². The van der Waals surface area contributed by atoms with E-state index in [9.17, 15) is 0 Å². The van der Waals surface area contributed by atoms with Gasteiger partial charge in [0.1, 0.15) is 0 Å². The lowest BCUT2D eigenvalue weighted by Gasteiger charge is -2.08. The van der Waals surface area contributed by atoms with E-state index >= 15 is 0 Å². The van der Waals surface area contributed by atoms with Crippen LogP contribution in [0.1, 0.15) is 43.7 Å². The summed E-state index contributed by atoms with van der Waals surface area (Å²) in [6, 6.07) is 8.83. The molecule has 0 aliphatic heterocycles. The molecule has 0 aliphatic carbocycles. The van der Waals surface area contributed by atoms with Gasteiger partial charge in [-0.15, -0.1) is 0 Å². The second-order valence-electron chi connectivity index (χ2n) is 4.32. The zero-order valence-corrected chi connectivity index (χ0v) is 10.7. The van der Waals surface area contributed by atoms with Crippen molar-refractivity contribution in [3.63, 3.8) is 0 Å². The summed E-state index contributed by atoms with van der Waals surface area (Å²) < 4.78 is 5.10. The van der Waals surface area contributed by atoms with Gasteiger partial charge in [0.25, 0.3) is 0 Å². The molecule has 0 radical (unpaired) electrons. The van der Waals surface area contributed by atoms with Crippen LogP contribution in [0.15, 0.2) is 24.3 Å². The maximum atomic E-state index is 5.10. The van der Waals surface area contributed by atoms with Crippen molar-refractivity contribution in [2.24, 2.45) is 0 Å². The molecule has 1 heteroatoms. The van der Waals surface area contributed by atoms with Crippen molar-refractivity contribution in [2.45, 2.75) is 45.4 Å². The minimum absolute atomic E-state index is 0.864. The Bertz CT molecular complexity index is 252. The molecule has 0 saturated heterocycles. The van der Waals surface area contributed by atoms with Crippen molar-refractivity contribution in [3.8, 4) is 0 Å². The number of unbranched alkanes of at least 4 members (excludes halogenated alkanes) is 2. The van der Waals surface area contributed by atoms with Crippen LogP contribution in [0.4, 0.5) is 0 Å². The van der Waals surface area contributed by atoms with E-state index in [1.54, 1.807) is 7.11 Å². The summed E-state index contributed by atoms with van der Waals surface area (Å²) in [6.45, 7) is 3.12. The molecule has 90 valence electrons. The fraction of sp³-hybridized carbons (Fsp3) is 0.600. The van der Waals surface area contributed by atoms with Crippen molar-refractivity contribution >= 4 is 0 Å². The Kier molecular flexibility index (Phi) is 6.91. The van der Waals surface area contributed by atoms with Crippen molar-refractivity contribution < 1.29 is 4.74 Å². The van der Waals surface area contributed by atoms with Gasteiger partial charge in [0, 0.05) is 13.7 Å². The van der Waals surface area contributed by atoms with Crippen molar-refractivity contribution in [2.75, 3.05) is 13.7 Å². The first-order chi connectivity index (χ1) is 7.88. The number of methoxy groups -OCH3 is 1. The Morgan fingerprint density at radius 2 is 1.56 bits per heavy atom. The van der Waals surface area contributed by atoms with Gasteiger partial charge in [-0.1, -0.05) is 44.0 Å². The zero-order valence-electron chi connectivity index (χ0n) is 10.7. The third kappa shape index (κ3) is 4.80. The van der Waals surface area contributed by atoms with Crippen LogP contribution in [-0.4, -0.2) is 13.7 Å². The summed E-state index contributed by atoms with van der Waals surface area (Å²) in [5.41, 5.74) is 3.04. The molecule has 16 heavy (non-hydrogen) atoms. The Hall–Kier alpha value is -0.820. The second kappa shape index (κ2) is 8.35. The first-order valence-corrected chi connectivity index (χ1v) is 6.44. The molecule has 0 N–H and O–H groups in total. The van der Waals surface area contributed by atoms with E-state index in [1.165, 1.54) is 36.8 Å². The van der Waals surface area contributed by atoms with Gasteiger partial charge in [-0.3, -0.25) is 0 Å². The van der Waals surface area contributed by atoms with E-state index in [-0.39, 0.29) is 0 Å². The van der Waals surface area contributed by atoms with Crippen LogP contribution in [0.5, 0.6) is 0 Å². The molecule has 1 nitrogen and oxygen atoms in total. The van der Waals surface area contributed by atoms with Crippen LogP contribution in [0, 0.1) is 0 Å². The van der Waals surface area contributed by atoms with Crippen LogP contribution < -0.4 is 0 Å². The Balaban J connectivity index is 2.46. The van der Waals surface area contributed by atoms with E-state index in [1.807, 2.05) is 0 Å². The summed E-state index contributed by atoms with van der Waals surface area (Å²) >= 11 is 0. The topological polar surface area (TPSA) is 9.23 Å². The number of hydrogen-bond donors (Lipinski definition) is 0. The van der Waals surface area contributed by atoms with E-state index < -0.39 is 0 Å². The molecule has 0 aliphatic rings. The molecule has 0 bridgehead atoms. The van der Waals surface area contributed by atoms with Crippen LogP contribution in [0.25, 0.3) is 0 Å². The number of rotatable bonds is 8. The predicted octanol–water partition coefficient (Wildman–Crippen LogP) is 4.00. The van der Waals surface area contributed by atoms with Gasteiger partial charge in [0.15, 0.2) is 0 Å². The fourth-order valence-corrected chi connectivity index (χ4v) is 2.02. The largest absolute Gasteiger partial charge is 0.385 e. The van der Waals surface area contributed by atoms with Crippen LogP contribution >= 0.6 is 0 Å². The van der Waals surface area contributed by atoms with Crippen LogP contribution in [0.3, 0.4) is 0 Å². The minimum Gasteiger partial charge on any atom is -0.385 e. The summed E-state index contributed by atoms with van der Waals surface area (Å²) in [5, 5.41) is 0. The standard InChI is InChI=1S/C15H24O/c1-3-4-5-9-14-10-6-7-11-15(14)12-8-13-16-2/h6-7,10-11H,3-5,8-9,12-13H2,1-2H3. The molecule has 1 aromatic carbocycles. The van der Waals surface area contributed by atoms with E-state index in [0.29, 0.717) is 0 Å². The maximum absolute atomic E-state index is 5.10. The van der Waals surface area contributed by atoms with Gasteiger partial charge >= 0.3 is 0 Å². The molecular formula is C15H24O. The molecule has 0 heterocycles. The van der Waals surface area contributed by atoms with Crippen LogP contribution in [0.2, 0.25) is 0 Å². The van der Waals surface area contributed by atoms with Gasteiger partial charge in [-0.05, 0) is 36.8 Å². The highest BCUT2D eigenvalue weighted by molar-refractivity contribution is 5.27. The lowest BCUT2D eigenvalue weighted by Crippen LogP contribution is -1.97. The van der Waals surface area contributed by atoms with Crippen molar-refractivity contribution in [1.82, 2.24) is 0 Å². The highest BCUT2D eigenvalue weighted by Gasteiger charge is 2.01. The predicted molar refractivity (Wildman–Crippen MR) is 69.9 cm³/mol. The SMILES string of the molecule is CCCCCc1ccccc1CCCOC. The summed E-state index contributed by atoms with van der Waals surface area (Å²) in [4.78, 5) is 0. The Morgan fingerprint density at radius 3 is 2.12 bits per heavy atom. The lowest BCUT2D eigenvalue weighted by molar-refractivity contribution is 0.195. The average molecular weight is 220 g/mol. The molecule has 0 spiro atoms. The summed E-state index contributed by atoms with van der Waals surface area (Å²) in [7, 11) is 1.77. The molecule has 0 amide bonds. The molecule has 0 aromatic heterocycles. The number of hydrogen-bond acceptors (Lipinski definition) is 1. The molecule has 1 aromatic rings. The summed E-state index contributed by atoms with van der Waals surface area (Å²) in [6.07, 6.45) is 7.46. The number of aryl methyl sites for hydroxylation is 2. The van der Waals surface area contributed by atoms with E-state index in [4.69, 9.17) is 4.74 Å². The Morgan fingerprint density at radius 1 is 0.938 bits per heavy atom. The normalized spacial score (nSPS) is 10.6. The second-order valence-corrected chi connectivity index (χ2v) is 4.32. The smallest absolute Gasteiger partial charge is 0.0465 e. The monoisotopic (exact) mass is 220 g/mol. The van der Waals surface area contributed by atoms with Gasteiger partial charge in [-0.2, -0.15) is 0 Å². The highest BCUT2D eigenvalue weighted by Crippen LogP contribution is 2.14. The zero-order chi connectivity index (χ0) is 11.6. The van der Waals surface area contributed by atoms with Crippen molar-refractivity contribution in [1.29, 1.82) is 0 Å². The van der Waals surface area contributed by atoms with Crippen LogP contribution in [-0.2, 0) is 17.6 Å². The third-order valence-electron chi connectivity index (χ3n) is 2.96. The molecule has 1 rings (SSSR count). The highest BCUT2D eigenvalue weighted by atomic mass is 16.5. The van der Waals surface area contributed by atoms with Gasteiger partial charge < -0.3 is 4.74 Å². The average Bonchev–Trinajstić information content (AvgIpc) is 2.32. The first-order valence-electron chi connectivity index (χ1n) is 6.44. The number of benzene rings is 1. The molecule has 0 saturated carbocycles. The minimum atomic E-state index is 0.864. The molecular weight excluding hydrogens is 196 g/mol. The van der Waals surface area contributed by atoms with E-state index in [2.05, 4.69) is 31.2 Å². The molecule has 0 fully saturated rings. The van der Waals surface area contributed by atoms with Gasteiger partial charge in [0.05, 0.1) is 0 Å². The van der Waals surface area contributed by atoms with Crippen molar-refractivity contribution in [3.05, 3.63) is 35.4 Å². The lowest BCUT2D eigenvalue weighted by atomic mass is 9.98. The summed E-state index contributed by atoms with van der Waals surface area (Å²) in [5.74, 6) is 0. The third-order valence-corrected chi connectivity index (χ3v) is 2.96. The quantitative estimate of drug-likeness (QED) is 0.602. The van der Waals surface area contributed by atoms with E-state index in [0.717, 1.165) is 19.4 Å². The molecule has 0 unspecified atom stereocenters. The molecule has 0 atom stereocenters.